The van der Waals surface area contributed by atoms with E-state index in [1.165, 1.54) is 6.42 Å². The molecule has 0 saturated carbocycles. The number of amides is 2. The van der Waals surface area contributed by atoms with Crippen molar-refractivity contribution in [3.63, 3.8) is 0 Å². The van der Waals surface area contributed by atoms with Gasteiger partial charge in [-0.15, -0.1) is 0 Å². The molecule has 6 heteroatoms. The quantitative estimate of drug-likeness (QED) is 0.569. The monoisotopic (exact) mass is 456 g/mol. The summed E-state index contributed by atoms with van der Waals surface area (Å²) < 4.78 is 1.89. The highest BCUT2D eigenvalue weighted by atomic mass is 16.2. The van der Waals surface area contributed by atoms with Gasteiger partial charge >= 0.3 is 0 Å². The maximum atomic E-state index is 13.5. The molecule has 0 bridgehead atoms. The molecule has 2 aromatic carbocycles. The van der Waals surface area contributed by atoms with Crippen LogP contribution in [0.15, 0.2) is 67.0 Å². The summed E-state index contributed by atoms with van der Waals surface area (Å²) in [6.07, 6.45) is 8.70. The second-order valence-corrected chi connectivity index (χ2v) is 9.40. The zero-order valence-electron chi connectivity index (χ0n) is 19.6. The van der Waals surface area contributed by atoms with Crippen LogP contribution in [0, 0.1) is 5.92 Å². The molecule has 2 amide bonds. The predicted octanol–water partition coefficient (Wildman–Crippen LogP) is 4.46. The minimum Gasteiger partial charge on any atom is -0.342 e. The Labute approximate surface area is 201 Å². The summed E-state index contributed by atoms with van der Waals surface area (Å²) in [5.41, 5.74) is 3.87. The van der Waals surface area contributed by atoms with Gasteiger partial charge in [0.25, 0.3) is 5.91 Å². The van der Waals surface area contributed by atoms with Crippen molar-refractivity contribution in [2.75, 3.05) is 26.2 Å². The van der Waals surface area contributed by atoms with Crippen molar-refractivity contribution in [1.82, 2.24) is 19.6 Å². The standard InChI is InChI=1S/C28H32N4O2/c33-27(30-16-4-1-5-17-30)24-13-19-31(20-14-24)28(34)26-8-3-2-7-25(26)23-11-9-22(10-12-23)21-32-18-6-15-29-32/h2-3,6-12,15,18,24H,1,4-5,13-14,16-17,19-21H2. The Bertz CT molecular complexity index is 1110. The molecular weight excluding hydrogens is 424 g/mol. The molecule has 0 unspecified atom stereocenters. The van der Waals surface area contributed by atoms with Crippen LogP contribution < -0.4 is 0 Å². The number of rotatable bonds is 5. The number of piperidine rings is 2. The Balaban J connectivity index is 1.25. The van der Waals surface area contributed by atoms with E-state index in [1.807, 2.05) is 51.0 Å². The van der Waals surface area contributed by atoms with Crippen molar-refractivity contribution in [2.24, 2.45) is 5.92 Å². The van der Waals surface area contributed by atoms with Gasteiger partial charge in [0.1, 0.15) is 0 Å². The maximum Gasteiger partial charge on any atom is 0.254 e. The van der Waals surface area contributed by atoms with E-state index in [2.05, 4.69) is 29.4 Å². The molecule has 0 spiro atoms. The second kappa shape index (κ2) is 10.2. The molecule has 2 saturated heterocycles. The molecule has 0 atom stereocenters. The lowest BCUT2D eigenvalue weighted by atomic mass is 9.93. The van der Waals surface area contributed by atoms with Gasteiger partial charge < -0.3 is 9.80 Å². The third-order valence-electron chi connectivity index (χ3n) is 7.13. The smallest absolute Gasteiger partial charge is 0.254 e. The molecule has 1 aromatic heterocycles. The van der Waals surface area contributed by atoms with Gasteiger partial charge in [-0.2, -0.15) is 5.10 Å². The van der Waals surface area contributed by atoms with E-state index in [-0.39, 0.29) is 11.8 Å². The molecule has 3 aromatic rings. The highest BCUT2D eigenvalue weighted by molar-refractivity contribution is 6.01. The Morgan fingerprint density at radius 1 is 0.824 bits per heavy atom. The second-order valence-electron chi connectivity index (χ2n) is 9.40. The number of hydrogen-bond donors (Lipinski definition) is 0. The van der Waals surface area contributed by atoms with Gasteiger partial charge in [-0.05, 0) is 60.9 Å². The van der Waals surface area contributed by atoms with E-state index in [1.54, 1.807) is 6.20 Å². The van der Waals surface area contributed by atoms with Crippen LogP contribution in [0.2, 0.25) is 0 Å². The van der Waals surface area contributed by atoms with Crippen LogP contribution in [0.5, 0.6) is 0 Å². The number of aromatic nitrogens is 2. The molecule has 5 rings (SSSR count). The molecule has 6 nitrogen and oxygen atoms in total. The Morgan fingerprint density at radius 2 is 1.56 bits per heavy atom. The van der Waals surface area contributed by atoms with E-state index >= 15 is 0 Å². The number of carbonyl (C=O) groups excluding carboxylic acids is 2. The molecule has 0 N–H and O–H groups in total. The van der Waals surface area contributed by atoms with Crippen molar-refractivity contribution in [3.8, 4) is 11.1 Å². The van der Waals surface area contributed by atoms with Gasteiger partial charge in [-0.3, -0.25) is 14.3 Å². The van der Waals surface area contributed by atoms with Crippen molar-refractivity contribution in [3.05, 3.63) is 78.1 Å². The van der Waals surface area contributed by atoms with Crippen LogP contribution in [0.1, 0.15) is 48.0 Å². The molecule has 2 fully saturated rings. The lowest BCUT2D eigenvalue weighted by Crippen LogP contribution is -2.45. The molecule has 2 aliphatic heterocycles. The minimum atomic E-state index is 0.0553. The lowest BCUT2D eigenvalue weighted by Gasteiger charge is -2.35. The summed E-state index contributed by atoms with van der Waals surface area (Å²) in [5, 5.41) is 4.27. The van der Waals surface area contributed by atoms with E-state index in [9.17, 15) is 9.59 Å². The number of carbonyl (C=O) groups is 2. The normalized spacial score (nSPS) is 17.1. The van der Waals surface area contributed by atoms with Crippen LogP contribution in [-0.2, 0) is 11.3 Å². The van der Waals surface area contributed by atoms with Crippen molar-refractivity contribution < 1.29 is 9.59 Å². The van der Waals surface area contributed by atoms with Crippen molar-refractivity contribution in [2.45, 2.75) is 38.6 Å². The zero-order valence-corrected chi connectivity index (χ0v) is 19.6. The van der Waals surface area contributed by atoms with Gasteiger partial charge in [0.05, 0.1) is 6.54 Å². The highest BCUT2D eigenvalue weighted by Crippen LogP contribution is 2.28. The largest absolute Gasteiger partial charge is 0.342 e. The molecule has 0 radical (unpaired) electrons. The topological polar surface area (TPSA) is 58.4 Å². The third kappa shape index (κ3) is 4.91. The van der Waals surface area contributed by atoms with Crippen LogP contribution in [0.3, 0.4) is 0 Å². The minimum absolute atomic E-state index is 0.0553. The SMILES string of the molecule is O=C(c1ccccc1-c1ccc(Cn2cccn2)cc1)N1CCC(C(=O)N2CCCCC2)CC1. The Morgan fingerprint density at radius 3 is 2.26 bits per heavy atom. The number of hydrogen-bond acceptors (Lipinski definition) is 3. The summed E-state index contributed by atoms with van der Waals surface area (Å²) in [7, 11) is 0. The lowest BCUT2D eigenvalue weighted by molar-refractivity contribution is -0.137. The Hall–Kier alpha value is -3.41. The van der Waals surface area contributed by atoms with Crippen LogP contribution in [0.25, 0.3) is 11.1 Å². The summed E-state index contributed by atoms with van der Waals surface area (Å²) in [6, 6.07) is 18.1. The van der Waals surface area contributed by atoms with E-state index in [0.717, 1.165) is 67.6 Å². The summed E-state index contributed by atoms with van der Waals surface area (Å²) >= 11 is 0. The molecular formula is C28H32N4O2. The fourth-order valence-electron chi connectivity index (χ4n) is 5.16. The van der Waals surface area contributed by atoms with Gasteiger partial charge in [-0.25, -0.2) is 0 Å². The highest BCUT2D eigenvalue weighted by Gasteiger charge is 2.31. The fraction of sp³-hybridized carbons (Fsp3) is 0.393. The first-order valence-electron chi connectivity index (χ1n) is 12.4. The number of likely N-dealkylation sites (tertiary alicyclic amines) is 2. The summed E-state index contributed by atoms with van der Waals surface area (Å²) in [6.45, 7) is 3.79. The predicted molar refractivity (Wildman–Crippen MR) is 132 cm³/mol. The van der Waals surface area contributed by atoms with Crippen molar-refractivity contribution in [1.29, 1.82) is 0 Å². The van der Waals surface area contributed by atoms with Gasteiger partial charge in [0.2, 0.25) is 5.91 Å². The van der Waals surface area contributed by atoms with Gasteiger partial charge in [0.15, 0.2) is 0 Å². The first kappa shape index (κ1) is 22.4. The third-order valence-corrected chi connectivity index (χ3v) is 7.13. The number of benzene rings is 2. The fourth-order valence-corrected chi connectivity index (χ4v) is 5.16. The van der Waals surface area contributed by atoms with Crippen LogP contribution in [-0.4, -0.2) is 57.6 Å². The van der Waals surface area contributed by atoms with E-state index in [0.29, 0.717) is 19.0 Å². The van der Waals surface area contributed by atoms with Crippen LogP contribution in [0.4, 0.5) is 0 Å². The molecule has 176 valence electrons. The van der Waals surface area contributed by atoms with E-state index < -0.39 is 0 Å². The number of nitrogens with zero attached hydrogens (tertiary/aromatic N) is 4. The van der Waals surface area contributed by atoms with Crippen LogP contribution >= 0.6 is 0 Å². The first-order valence-corrected chi connectivity index (χ1v) is 12.4. The van der Waals surface area contributed by atoms with Crippen molar-refractivity contribution >= 4 is 11.8 Å². The first-order chi connectivity index (χ1) is 16.7. The molecule has 2 aliphatic rings. The maximum absolute atomic E-state index is 13.5. The molecule has 3 heterocycles. The van der Waals surface area contributed by atoms with E-state index in [4.69, 9.17) is 0 Å². The molecule has 0 aliphatic carbocycles. The molecule has 34 heavy (non-hydrogen) atoms. The summed E-state index contributed by atoms with van der Waals surface area (Å²) in [4.78, 5) is 30.3. The van der Waals surface area contributed by atoms with Gasteiger partial charge in [0, 0.05) is 50.1 Å². The zero-order chi connectivity index (χ0) is 23.3. The average Bonchev–Trinajstić information content (AvgIpc) is 3.42. The average molecular weight is 457 g/mol. The summed E-state index contributed by atoms with van der Waals surface area (Å²) in [5.74, 6) is 0.405. The Kier molecular flexibility index (Phi) is 6.74. The van der Waals surface area contributed by atoms with Gasteiger partial charge in [-0.1, -0.05) is 42.5 Å².